The van der Waals surface area contributed by atoms with Crippen molar-refractivity contribution >= 4 is 34.6 Å². The van der Waals surface area contributed by atoms with Gasteiger partial charge in [-0.1, -0.05) is 78.9 Å². The van der Waals surface area contributed by atoms with Crippen LogP contribution in [0.15, 0.2) is 84.9 Å². The number of alkyl carbamates (subject to hydrolysis) is 1. The molecule has 286 valence electrons. The normalized spacial score (nSPS) is 16.1. The molecule has 3 aromatic carbocycles. The van der Waals surface area contributed by atoms with Gasteiger partial charge in [-0.3, -0.25) is 14.4 Å². The summed E-state index contributed by atoms with van der Waals surface area (Å²) >= 11 is 0. The van der Waals surface area contributed by atoms with E-state index in [0.29, 0.717) is 19.4 Å². The number of benzene rings is 3. The van der Waals surface area contributed by atoms with Crippen molar-refractivity contribution in [1.29, 1.82) is 0 Å². The van der Waals surface area contributed by atoms with Crippen LogP contribution in [0.4, 0.5) is 4.79 Å². The van der Waals surface area contributed by atoms with Crippen LogP contribution in [0, 0.1) is 0 Å². The highest BCUT2D eigenvalue weighted by Crippen LogP contribution is 2.24. The summed E-state index contributed by atoms with van der Waals surface area (Å²) in [5.74, 6) is -0.749. The molecule has 0 saturated carbocycles. The van der Waals surface area contributed by atoms with E-state index in [0.717, 1.165) is 41.3 Å². The van der Waals surface area contributed by atoms with E-state index in [1.807, 2.05) is 99.6 Å². The van der Waals surface area contributed by atoms with Crippen LogP contribution >= 0.6 is 0 Å². The molecule has 1 fully saturated rings. The van der Waals surface area contributed by atoms with Crippen molar-refractivity contribution in [1.82, 2.24) is 24.9 Å². The van der Waals surface area contributed by atoms with E-state index in [2.05, 4.69) is 16.3 Å². The first-order chi connectivity index (χ1) is 24.9. The molecule has 3 aromatic rings. The van der Waals surface area contributed by atoms with E-state index < -0.39 is 29.3 Å². The molecule has 0 radical (unpaired) electrons. The molecule has 0 aliphatic carbocycles. The number of likely N-dealkylation sites (tertiary alicyclic amines) is 1. The summed E-state index contributed by atoms with van der Waals surface area (Å²) in [7, 11) is 7.34. The molecule has 10 nitrogen and oxygen atoms in total. The zero-order chi connectivity index (χ0) is 38.9. The van der Waals surface area contributed by atoms with Gasteiger partial charge < -0.3 is 29.7 Å². The summed E-state index contributed by atoms with van der Waals surface area (Å²) in [4.78, 5) is 62.6. The first-order valence-electron chi connectivity index (χ1n) is 18.6. The Bertz CT molecular complexity index is 1750. The third-order valence-corrected chi connectivity index (χ3v) is 9.68. The zero-order valence-electron chi connectivity index (χ0n) is 33.1. The Morgan fingerprint density at radius 1 is 0.830 bits per heavy atom. The number of likely N-dealkylation sites (N-methyl/N-ethyl adjacent to an activating group) is 3. The predicted molar refractivity (Wildman–Crippen MR) is 211 cm³/mol. The second-order valence-corrected chi connectivity index (χ2v) is 16.2. The summed E-state index contributed by atoms with van der Waals surface area (Å²) in [6.45, 7) is 10.5. The minimum absolute atomic E-state index is 0.0659. The third-order valence-electron chi connectivity index (χ3n) is 9.68. The molecule has 4 rings (SSSR count). The maximum Gasteiger partial charge on any atom is 0.408 e. The van der Waals surface area contributed by atoms with Gasteiger partial charge in [0.2, 0.25) is 17.7 Å². The van der Waals surface area contributed by atoms with Gasteiger partial charge in [0.15, 0.2) is 0 Å². The van der Waals surface area contributed by atoms with Crippen LogP contribution in [-0.2, 0) is 32.0 Å². The van der Waals surface area contributed by atoms with E-state index in [1.165, 1.54) is 11.0 Å². The number of fused-ring (bicyclic) bond motifs is 1. The Balaban J connectivity index is 1.63. The summed E-state index contributed by atoms with van der Waals surface area (Å²) in [6.07, 6.45) is 5.41. The molecule has 4 amide bonds. The first kappa shape index (κ1) is 41.1. The fourth-order valence-electron chi connectivity index (χ4n) is 6.88. The number of hydrogen-bond donors (Lipinski definition) is 1. The van der Waals surface area contributed by atoms with Crippen LogP contribution < -0.4 is 5.32 Å². The molecular formula is C43H59N5O5. The standard InChI is InChI=1S/C43H59N5O5/c1-42(2,3)53-41(52)44-43(4,5)25-15-22-38(49)46(8)36(29-32-23-24-33-19-13-14-20-34(33)27-32)39(50)47(9)37(28-31-17-11-10-12-18-31)40(51)48-26-16-21-35(48)30-45(6)7/h10-15,17-20,22-24,27,35-37H,16,21,25-26,28-30H2,1-9H3,(H,44,52)/t35-,36+,37+/m0/s1. The predicted octanol–water partition coefficient (Wildman–Crippen LogP) is 6.08. The fourth-order valence-corrected chi connectivity index (χ4v) is 6.88. The van der Waals surface area contributed by atoms with Crippen LogP contribution in [0.25, 0.3) is 10.8 Å². The van der Waals surface area contributed by atoms with Gasteiger partial charge in [0.1, 0.15) is 17.7 Å². The number of carbonyl (C=O) groups excluding carboxylic acids is 4. The lowest BCUT2D eigenvalue weighted by Gasteiger charge is -2.37. The van der Waals surface area contributed by atoms with Crippen molar-refractivity contribution in [2.75, 3.05) is 41.3 Å². The molecule has 1 saturated heterocycles. The van der Waals surface area contributed by atoms with Crippen molar-refractivity contribution in [3.8, 4) is 0 Å². The molecule has 1 aliphatic rings. The van der Waals surface area contributed by atoms with Crippen LogP contribution in [0.1, 0.15) is 65.0 Å². The quantitative estimate of drug-likeness (QED) is 0.202. The maximum atomic E-state index is 14.8. The average Bonchev–Trinajstić information content (AvgIpc) is 3.54. The van der Waals surface area contributed by atoms with E-state index in [9.17, 15) is 19.2 Å². The Morgan fingerprint density at radius 2 is 1.47 bits per heavy atom. The van der Waals surface area contributed by atoms with Crippen molar-refractivity contribution < 1.29 is 23.9 Å². The highest BCUT2D eigenvalue weighted by atomic mass is 16.6. The number of rotatable bonds is 14. The number of nitrogens with one attached hydrogen (secondary N) is 1. The number of ether oxygens (including phenoxy) is 1. The molecule has 0 bridgehead atoms. The molecule has 1 heterocycles. The van der Waals surface area contributed by atoms with Crippen molar-refractivity contribution in [2.45, 2.75) is 96.0 Å². The summed E-state index contributed by atoms with van der Waals surface area (Å²) in [5, 5.41) is 4.98. The third kappa shape index (κ3) is 11.9. The number of nitrogens with zero attached hydrogens (tertiary/aromatic N) is 4. The Hall–Kier alpha value is -4.70. The highest BCUT2D eigenvalue weighted by molar-refractivity contribution is 5.95. The largest absolute Gasteiger partial charge is 0.444 e. The van der Waals surface area contributed by atoms with Gasteiger partial charge in [0, 0.05) is 51.6 Å². The number of amides is 4. The average molecular weight is 726 g/mol. The SMILES string of the molecule is CN(C)C[C@@H]1CCCN1C(=O)[C@@H](Cc1ccccc1)N(C)C(=O)[C@@H](Cc1ccc2ccccc2c1)N(C)C(=O)C=CCC(C)(C)NC(=O)OC(C)(C)C. The zero-order valence-corrected chi connectivity index (χ0v) is 33.1. The second kappa shape index (κ2) is 17.9. The fraction of sp³-hybridized carbons (Fsp3) is 0.488. The van der Waals surface area contributed by atoms with Crippen LogP contribution in [0.5, 0.6) is 0 Å². The lowest BCUT2D eigenvalue weighted by molar-refractivity contribution is -0.149. The molecule has 0 aromatic heterocycles. The Kier molecular flexibility index (Phi) is 13.9. The van der Waals surface area contributed by atoms with E-state index in [1.54, 1.807) is 45.8 Å². The Labute approximate surface area is 316 Å². The lowest BCUT2D eigenvalue weighted by Crippen LogP contribution is -2.57. The molecule has 53 heavy (non-hydrogen) atoms. The molecule has 0 spiro atoms. The second-order valence-electron chi connectivity index (χ2n) is 16.2. The van der Waals surface area contributed by atoms with E-state index >= 15 is 0 Å². The molecule has 3 atom stereocenters. The van der Waals surface area contributed by atoms with Crippen molar-refractivity contribution in [2.24, 2.45) is 0 Å². The van der Waals surface area contributed by atoms with Crippen molar-refractivity contribution in [3.05, 3.63) is 96.1 Å². The molecule has 1 N–H and O–H groups in total. The van der Waals surface area contributed by atoms with Crippen molar-refractivity contribution in [3.63, 3.8) is 0 Å². The van der Waals surface area contributed by atoms with Gasteiger partial charge in [-0.2, -0.15) is 0 Å². The number of carbonyl (C=O) groups is 4. The van der Waals surface area contributed by atoms with E-state index in [4.69, 9.17) is 4.74 Å². The van der Waals surface area contributed by atoms with Gasteiger partial charge in [-0.15, -0.1) is 0 Å². The molecular weight excluding hydrogens is 667 g/mol. The van der Waals surface area contributed by atoms with E-state index in [-0.39, 0.29) is 30.2 Å². The summed E-state index contributed by atoms with van der Waals surface area (Å²) < 4.78 is 5.41. The first-order valence-corrected chi connectivity index (χ1v) is 18.6. The van der Waals surface area contributed by atoms with Gasteiger partial charge in [0.25, 0.3) is 0 Å². The summed E-state index contributed by atoms with van der Waals surface area (Å²) in [5.41, 5.74) is 0.526. The molecule has 1 aliphatic heterocycles. The van der Waals surface area contributed by atoms with Gasteiger partial charge >= 0.3 is 6.09 Å². The Morgan fingerprint density at radius 3 is 2.13 bits per heavy atom. The van der Waals surface area contributed by atoms with Gasteiger partial charge in [-0.25, -0.2) is 4.79 Å². The minimum atomic E-state index is -0.895. The number of hydrogen-bond acceptors (Lipinski definition) is 6. The highest BCUT2D eigenvalue weighted by Gasteiger charge is 2.39. The minimum Gasteiger partial charge on any atom is -0.444 e. The maximum absolute atomic E-state index is 14.8. The molecule has 0 unspecified atom stereocenters. The lowest BCUT2D eigenvalue weighted by atomic mass is 9.98. The van der Waals surface area contributed by atoms with Crippen LogP contribution in [0.3, 0.4) is 0 Å². The van der Waals surface area contributed by atoms with Gasteiger partial charge in [0.05, 0.1) is 0 Å². The molecule has 10 heteroatoms. The smallest absolute Gasteiger partial charge is 0.408 e. The summed E-state index contributed by atoms with van der Waals surface area (Å²) in [6, 6.07) is 22.3. The topological polar surface area (TPSA) is 103 Å². The van der Waals surface area contributed by atoms with Gasteiger partial charge in [-0.05, 0) is 96.0 Å². The van der Waals surface area contributed by atoms with Crippen LogP contribution in [-0.4, -0.2) is 114 Å². The van der Waals surface area contributed by atoms with Crippen LogP contribution in [0.2, 0.25) is 0 Å². The monoisotopic (exact) mass is 725 g/mol.